The minimum atomic E-state index is -0.734. The van der Waals surface area contributed by atoms with Crippen LogP contribution in [0.2, 0.25) is 0 Å². The quantitative estimate of drug-likeness (QED) is 0.839. The molecule has 3 nitrogen and oxygen atoms in total. The zero-order valence-corrected chi connectivity index (χ0v) is 10.0. The second-order valence-electron chi connectivity index (χ2n) is 4.95. The molecule has 0 heterocycles. The topological polar surface area (TPSA) is 57.5 Å². The summed E-state index contributed by atoms with van der Waals surface area (Å²) in [6.07, 6.45) is 2.46. The van der Waals surface area contributed by atoms with Gasteiger partial charge in [0.1, 0.15) is 0 Å². The number of aliphatic hydroxyl groups is 1. The molecule has 2 N–H and O–H groups in total. The van der Waals surface area contributed by atoms with Gasteiger partial charge >= 0.3 is 5.97 Å². The van der Waals surface area contributed by atoms with Crippen molar-refractivity contribution in [2.75, 3.05) is 0 Å². The third-order valence-corrected chi connectivity index (χ3v) is 3.66. The van der Waals surface area contributed by atoms with Crippen molar-refractivity contribution >= 4 is 5.97 Å². The summed E-state index contributed by atoms with van der Waals surface area (Å²) >= 11 is 0. The molecule has 0 amide bonds. The molecule has 0 spiro atoms. The van der Waals surface area contributed by atoms with Gasteiger partial charge in [0.25, 0.3) is 0 Å². The van der Waals surface area contributed by atoms with Gasteiger partial charge in [-0.05, 0) is 37.3 Å². The van der Waals surface area contributed by atoms with Crippen LogP contribution < -0.4 is 0 Å². The Morgan fingerprint density at radius 2 is 2.06 bits per heavy atom. The highest BCUT2D eigenvalue weighted by Crippen LogP contribution is 2.45. The van der Waals surface area contributed by atoms with E-state index in [1.54, 1.807) is 6.92 Å². The molecule has 3 heteroatoms. The third-order valence-electron chi connectivity index (χ3n) is 3.66. The molecule has 1 aromatic rings. The first-order chi connectivity index (χ1) is 8.06. The lowest BCUT2D eigenvalue weighted by Gasteiger charge is -2.39. The fourth-order valence-corrected chi connectivity index (χ4v) is 2.61. The summed E-state index contributed by atoms with van der Waals surface area (Å²) < 4.78 is 0. The lowest BCUT2D eigenvalue weighted by molar-refractivity contribution is -0.147. The van der Waals surface area contributed by atoms with E-state index in [1.165, 1.54) is 0 Å². The fraction of sp³-hybridized carbons (Fsp3) is 0.500. The number of hydrogen-bond donors (Lipinski definition) is 2. The summed E-state index contributed by atoms with van der Waals surface area (Å²) in [6.45, 7) is 1.73. The van der Waals surface area contributed by atoms with E-state index in [1.807, 2.05) is 24.3 Å². The molecule has 1 atom stereocenters. The van der Waals surface area contributed by atoms with Crippen molar-refractivity contribution in [3.8, 4) is 0 Å². The van der Waals surface area contributed by atoms with E-state index >= 15 is 0 Å². The first kappa shape index (κ1) is 12.1. The molecule has 1 aromatic carbocycles. The van der Waals surface area contributed by atoms with Crippen LogP contribution in [0.3, 0.4) is 0 Å². The third kappa shape index (κ3) is 2.07. The molecule has 1 aliphatic rings. The molecule has 2 rings (SSSR count). The summed E-state index contributed by atoms with van der Waals surface area (Å²) in [6, 6.07) is 7.59. The van der Waals surface area contributed by atoms with E-state index in [2.05, 4.69) is 0 Å². The van der Waals surface area contributed by atoms with E-state index in [0.29, 0.717) is 19.3 Å². The maximum Gasteiger partial charge on any atom is 0.314 e. The van der Waals surface area contributed by atoms with Gasteiger partial charge in [-0.2, -0.15) is 0 Å². The Labute approximate surface area is 101 Å². The average molecular weight is 234 g/mol. The Balaban J connectivity index is 2.40. The Kier molecular flexibility index (Phi) is 3.20. The number of rotatable bonds is 4. The van der Waals surface area contributed by atoms with Crippen molar-refractivity contribution in [1.82, 2.24) is 0 Å². The van der Waals surface area contributed by atoms with Crippen LogP contribution in [0.15, 0.2) is 24.3 Å². The summed E-state index contributed by atoms with van der Waals surface area (Å²) in [5.41, 5.74) is 1.15. The van der Waals surface area contributed by atoms with E-state index in [9.17, 15) is 15.0 Å². The average Bonchev–Trinajstić information content (AvgIpc) is 2.17. The number of aliphatic hydroxyl groups excluding tert-OH is 1. The Morgan fingerprint density at radius 3 is 2.53 bits per heavy atom. The fourth-order valence-electron chi connectivity index (χ4n) is 2.61. The Hall–Kier alpha value is -1.35. The Bertz CT molecular complexity index is 419. The normalized spacial score (nSPS) is 19.4. The first-order valence-electron chi connectivity index (χ1n) is 6.06. The van der Waals surface area contributed by atoms with Crippen LogP contribution in [0, 0.1) is 0 Å². The van der Waals surface area contributed by atoms with Crippen molar-refractivity contribution in [3.05, 3.63) is 35.4 Å². The van der Waals surface area contributed by atoms with Gasteiger partial charge < -0.3 is 10.2 Å². The smallest absolute Gasteiger partial charge is 0.314 e. The van der Waals surface area contributed by atoms with Crippen LogP contribution in [0.25, 0.3) is 0 Å². The van der Waals surface area contributed by atoms with Gasteiger partial charge in [0.15, 0.2) is 0 Å². The highest BCUT2D eigenvalue weighted by Gasteiger charge is 2.46. The summed E-state index contributed by atoms with van der Waals surface area (Å²) in [5.74, 6) is -0.734. The molecule has 17 heavy (non-hydrogen) atoms. The van der Waals surface area contributed by atoms with Crippen LogP contribution in [0.5, 0.6) is 0 Å². The van der Waals surface area contributed by atoms with Gasteiger partial charge in [-0.1, -0.05) is 30.7 Å². The molecule has 0 aromatic heterocycles. The number of carboxylic acid groups (broad SMARTS) is 1. The zero-order chi connectivity index (χ0) is 12.5. The Morgan fingerprint density at radius 1 is 1.41 bits per heavy atom. The molecule has 0 radical (unpaired) electrons. The molecule has 0 saturated heterocycles. The van der Waals surface area contributed by atoms with Gasteiger partial charge in [0.05, 0.1) is 11.5 Å². The molecule has 1 fully saturated rings. The summed E-state index contributed by atoms with van der Waals surface area (Å²) in [4.78, 5) is 11.5. The van der Waals surface area contributed by atoms with Crippen molar-refractivity contribution in [2.24, 2.45) is 0 Å². The van der Waals surface area contributed by atoms with Crippen molar-refractivity contribution in [1.29, 1.82) is 0 Å². The number of carbonyl (C=O) groups is 1. The number of carboxylic acids is 1. The molecule has 0 bridgehead atoms. The molecule has 1 unspecified atom stereocenters. The lowest BCUT2D eigenvalue weighted by Crippen LogP contribution is -2.43. The van der Waals surface area contributed by atoms with Gasteiger partial charge in [-0.15, -0.1) is 0 Å². The zero-order valence-electron chi connectivity index (χ0n) is 10.0. The van der Waals surface area contributed by atoms with Gasteiger partial charge in [-0.3, -0.25) is 4.79 Å². The van der Waals surface area contributed by atoms with Crippen molar-refractivity contribution < 1.29 is 15.0 Å². The second-order valence-corrected chi connectivity index (χ2v) is 4.95. The summed E-state index contributed by atoms with van der Waals surface area (Å²) in [5, 5.41) is 18.9. The molecule has 0 aliphatic heterocycles. The second kappa shape index (κ2) is 4.49. The predicted octanol–water partition coefficient (Wildman–Crippen LogP) is 2.12. The molecular formula is C14H18O3. The predicted molar refractivity (Wildman–Crippen MR) is 65.0 cm³/mol. The van der Waals surface area contributed by atoms with Crippen LogP contribution in [-0.2, 0) is 16.6 Å². The number of aliphatic carboxylic acids is 1. The van der Waals surface area contributed by atoms with Crippen molar-refractivity contribution in [2.45, 2.75) is 44.1 Å². The maximum atomic E-state index is 11.5. The van der Waals surface area contributed by atoms with Crippen LogP contribution in [-0.4, -0.2) is 22.3 Å². The van der Waals surface area contributed by atoms with Gasteiger partial charge in [0.2, 0.25) is 0 Å². The molecule has 92 valence electrons. The maximum absolute atomic E-state index is 11.5. The molecule has 1 saturated carbocycles. The largest absolute Gasteiger partial charge is 0.481 e. The van der Waals surface area contributed by atoms with E-state index < -0.39 is 17.5 Å². The SMILES string of the molecule is CC(O)Cc1ccccc1C1(C(=O)O)CCC1. The van der Waals surface area contributed by atoms with E-state index in [-0.39, 0.29) is 0 Å². The van der Waals surface area contributed by atoms with Gasteiger partial charge in [-0.25, -0.2) is 0 Å². The van der Waals surface area contributed by atoms with Crippen molar-refractivity contribution in [3.63, 3.8) is 0 Å². The van der Waals surface area contributed by atoms with Gasteiger partial charge in [0, 0.05) is 0 Å². The van der Waals surface area contributed by atoms with Crippen LogP contribution >= 0.6 is 0 Å². The minimum absolute atomic E-state index is 0.443. The number of benzene rings is 1. The van der Waals surface area contributed by atoms with E-state index in [4.69, 9.17) is 0 Å². The molecular weight excluding hydrogens is 216 g/mol. The van der Waals surface area contributed by atoms with E-state index in [0.717, 1.165) is 17.5 Å². The highest BCUT2D eigenvalue weighted by molar-refractivity contribution is 5.83. The molecule has 1 aliphatic carbocycles. The highest BCUT2D eigenvalue weighted by atomic mass is 16.4. The standard InChI is InChI=1S/C14H18O3/c1-10(15)9-11-5-2-3-6-12(11)14(13(16)17)7-4-8-14/h2-3,5-6,10,15H,4,7-9H2,1H3,(H,16,17). The summed E-state index contributed by atoms with van der Waals surface area (Å²) in [7, 11) is 0. The van der Waals surface area contributed by atoms with Crippen LogP contribution in [0.4, 0.5) is 0 Å². The number of hydrogen-bond acceptors (Lipinski definition) is 2. The minimum Gasteiger partial charge on any atom is -0.481 e. The lowest BCUT2D eigenvalue weighted by atomic mass is 9.63. The monoisotopic (exact) mass is 234 g/mol. The van der Waals surface area contributed by atoms with Crippen LogP contribution in [0.1, 0.15) is 37.3 Å². The first-order valence-corrected chi connectivity index (χ1v) is 6.06.